The number of imidazole rings is 1. The summed E-state index contributed by atoms with van der Waals surface area (Å²) in [6.45, 7) is 7.41. The number of halogens is 1. The van der Waals surface area contributed by atoms with Gasteiger partial charge >= 0.3 is 0 Å². The fourth-order valence-corrected chi connectivity index (χ4v) is 3.09. The van der Waals surface area contributed by atoms with Crippen LogP contribution in [0.3, 0.4) is 0 Å². The van der Waals surface area contributed by atoms with Crippen LogP contribution < -0.4 is 0 Å². The number of likely N-dealkylation sites (N-methyl/N-ethyl adjacent to an activating group) is 1. The van der Waals surface area contributed by atoms with Crippen LogP contribution >= 0.6 is 11.6 Å². The molecular formula is C16H23ClN4. The van der Waals surface area contributed by atoms with Gasteiger partial charge in [0.1, 0.15) is 11.3 Å². The lowest BCUT2D eigenvalue weighted by Crippen LogP contribution is -2.30. The van der Waals surface area contributed by atoms with Gasteiger partial charge in [-0.05, 0) is 38.4 Å². The van der Waals surface area contributed by atoms with Gasteiger partial charge in [0.05, 0.1) is 0 Å². The summed E-state index contributed by atoms with van der Waals surface area (Å²) in [6, 6.07) is 4.88. The van der Waals surface area contributed by atoms with Crippen LogP contribution in [-0.4, -0.2) is 44.4 Å². The van der Waals surface area contributed by atoms with Crippen LogP contribution in [-0.2, 0) is 13.0 Å². The second-order valence-corrected chi connectivity index (χ2v) is 6.15. The lowest BCUT2D eigenvalue weighted by molar-refractivity contribution is 0.266. The second kappa shape index (κ2) is 6.32. The molecule has 0 bridgehead atoms. The van der Waals surface area contributed by atoms with Crippen molar-refractivity contribution in [1.29, 1.82) is 0 Å². The van der Waals surface area contributed by atoms with Crippen molar-refractivity contribution in [3.63, 3.8) is 0 Å². The van der Waals surface area contributed by atoms with E-state index in [1.165, 1.54) is 12.8 Å². The Balaban J connectivity index is 1.86. The summed E-state index contributed by atoms with van der Waals surface area (Å²) in [7, 11) is 0. The summed E-state index contributed by atoms with van der Waals surface area (Å²) in [5, 5.41) is 0. The van der Waals surface area contributed by atoms with Gasteiger partial charge in [-0.3, -0.25) is 4.90 Å². The number of aromatic nitrogens is 3. The van der Waals surface area contributed by atoms with Gasteiger partial charge < -0.3 is 4.57 Å². The number of fused-ring (bicyclic) bond motifs is 1. The number of aryl methyl sites for hydroxylation is 2. The lowest BCUT2D eigenvalue weighted by Gasteiger charge is -2.20. The predicted molar refractivity (Wildman–Crippen MR) is 87.0 cm³/mol. The van der Waals surface area contributed by atoms with Crippen LogP contribution in [0.25, 0.3) is 11.2 Å². The average molecular weight is 307 g/mol. The number of alkyl halides is 1. The van der Waals surface area contributed by atoms with Crippen LogP contribution in [0.4, 0.5) is 0 Å². The van der Waals surface area contributed by atoms with Crippen LogP contribution in [0, 0.1) is 6.92 Å². The van der Waals surface area contributed by atoms with E-state index in [1.807, 2.05) is 13.0 Å². The molecule has 1 saturated carbocycles. The van der Waals surface area contributed by atoms with E-state index in [9.17, 15) is 0 Å². The van der Waals surface area contributed by atoms with E-state index in [-0.39, 0.29) is 0 Å². The highest BCUT2D eigenvalue weighted by atomic mass is 35.5. The van der Waals surface area contributed by atoms with Gasteiger partial charge in [0.25, 0.3) is 0 Å². The van der Waals surface area contributed by atoms with Crippen LogP contribution in [0.2, 0.25) is 0 Å². The Morgan fingerprint density at radius 2 is 2.14 bits per heavy atom. The highest BCUT2D eigenvalue weighted by Gasteiger charge is 2.27. The van der Waals surface area contributed by atoms with E-state index in [0.29, 0.717) is 5.88 Å². The minimum Gasteiger partial charge on any atom is -0.311 e. The second-order valence-electron chi connectivity index (χ2n) is 5.77. The zero-order valence-corrected chi connectivity index (χ0v) is 13.6. The standard InChI is InChI=1S/C16H23ClN4/c1-3-20(13-5-6-13)10-11-21-15(8-9-17)19-14-7-4-12(2)18-16(14)21/h4,7,13H,3,5-6,8-11H2,1-2H3. The third-order valence-electron chi connectivity index (χ3n) is 4.21. The fraction of sp³-hybridized carbons (Fsp3) is 0.625. The van der Waals surface area contributed by atoms with Crippen molar-refractivity contribution in [3.05, 3.63) is 23.7 Å². The molecule has 1 aliphatic rings. The van der Waals surface area contributed by atoms with E-state index < -0.39 is 0 Å². The first kappa shape index (κ1) is 14.8. The molecule has 0 amide bonds. The van der Waals surface area contributed by atoms with Gasteiger partial charge in [0.2, 0.25) is 0 Å². The lowest BCUT2D eigenvalue weighted by atomic mass is 10.3. The molecule has 0 aromatic carbocycles. The summed E-state index contributed by atoms with van der Waals surface area (Å²) in [5.74, 6) is 1.66. The normalized spacial score (nSPS) is 15.2. The van der Waals surface area contributed by atoms with Crippen molar-refractivity contribution in [3.8, 4) is 0 Å². The molecule has 2 aromatic rings. The molecule has 0 saturated heterocycles. The van der Waals surface area contributed by atoms with Gasteiger partial charge in [0, 0.05) is 37.1 Å². The SMILES string of the molecule is CCN(CCn1c(CCCl)nc2ccc(C)nc21)C1CC1. The molecule has 3 rings (SSSR count). The van der Waals surface area contributed by atoms with E-state index in [0.717, 1.165) is 54.8 Å². The summed E-state index contributed by atoms with van der Waals surface area (Å²) in [4.78, 5) is 11.9. The number of rotatable bonds is 7. The smallest absolute Gasteiger partial charge is 0.160 e. The van der Waals surface area contributed by atoms with Gasteiger partial charge in [-0.2, -0.15) is 0 Å². The Hall–Kier alpha value is -1.13. The molecule has 1 fully saturated rings. The van der Waals surface area contributed by atoms with Gasteiger partial charge in [0.15, 0.2) is 5.65 Å². The maximum atomic E-state index is 5.93. The first-order valence-corrected chi connectivity index (χ1v) is 8.39. The van der Waals surface area contributed by atoms with E-state index in [4.69, 9.17) is 16.6 Å². The molecule has 2 heterocycles. The number of hydrogen-bond acceptors (Lipinski definition) is 3. The summed E-state index contributed by atoms with van der Waals surface area (Å²) in [5.41, 5.74) is 3.02. The molecular weight excluding hydrogens is 284 g/mol. The van der Waals surface area contributed by atoms with E-state index in [1.54, 1.807) is 0 Å². The molecule has 0 unspecified atom stereocenters. The van der Waals surface area contributed by atoms with Crippen LogP contribution in [0.15, 0.2) is 12.1 Å². The minimum absolute atomic E-state index is 0.600. The Morgan fingerprint density at radius 3 is 2.81 bits per heavy atom. The topological polar surface area (TPSA) is 34.0 Å². The highest BCUT2D eigenvalue weighted by molar-refractivity contribution is 6.17. The molecule has 1 aliphatic carbocycles. The van der Waals surface area contributed by atoms with Crippen molar-refractivity contribution < 1.29 is 0 Å². The molecule has 5 heteroatoms. The molecule has 4 nitrogen and oxygen atoms in total. The largest absolute Gasteiger partial charge is 0.311 e. The first-order valence-electron chi connectivity index (χ1n) is 7.85. The monoisotopic (exact) mass is 306 g/mol. The van der Waals surface area contributed by atoms with E-state index >= 15 is 0 Å². The summed E-state index contributed by atoms with van der Waals surface area (Å²) >= 11 is 5.93. The first-order chi connectivity index (χ1) is 10.2. The molecule has 0 aliphatic heterocycles. The minimum atomic E-state index is 0.600. The average Bonchev–Trinajstić information content (AvgIpc) is 3.25. The summed E-state index contributed by atoms with van der Waals surface area (Å²) in [6.07, 6.45) is 3.50. The zero-order valence-electron chi connectivity index (χ0n) is 12.8. The molecule has 2 aromatic heterocycles. The molecule has 114 valence electrons. The maximum absolute atomic E-state index is 5.93. The number of hydrogen-bond donors (Lipinski definition) is 0. The van der Waals surface area contributed by atoms with Crippen molar-refractivity contribution in [2.45, 2.75) is 45.7 Å². The van der Waals surface area contributed by atoms with Crippen LogP contribution in [0.1, 0.15) is 31.3 Å². The zero-order chi connectivity index (χ0) is 14.8. The molecule has 21 heavy (non-hydrogen) atoms. The Labute approximate surface area is 131 Å². The Bertz CT molecular complexity index is 618. The van der Waals surface area contributed by atoms with E-state index in [2.05, 4.69) is 27.4 Å². The number of nitrogens with zero attached hydrogens (tertiary/aromatic N) is 4. The highest BCUT2D eigenvalue weighted by Crippen LogP contribution is 2.26. The Morgan fingerprint density at radius 1 is 1.33 bits per heavy atom. The maximum Gasteiger partial charge on any atom is 0.160 e. The van der Waals surface area contributed by atoms with Crippen molar-refractivity contribution in [2.75, 3.05) is 19.0 Å². The quantitative estimate of drug-likeness (QED) is 0.737. The van der Waals surface area contributed by atoms with Crippen LogP contribution in [0.5, 0.6) is 0 Å². The molecule has 0 N–H and O–H groups in total. The fourth-order valence-electron chi connectivity index (χ4n) is 2.92. The van der Waals surface area contributed by atoms with Gasteiger partial charge in [-0.1, -0.05) is 6.92 Å². The van der Waals surface area contributed by atoms with Gasteiger partial charge in [-0.25, -0.2) is 9.97 Å². The number of pyridine rings is 1. The van der Waals surface area contributed by atoms with Gasteiger partial charge in [-0.15, -0.1) is 11.6 Å². The van der Waals surface area contributed by atoms with Crippen molar-refractivity contribution in [2.24, 2.45) is 0 Å². The Kier molecular flexibility index (Phi) is 4.45. The molecule has 0 atom stereocenters. The molecule has 0 spiro atoms. The summed E-state index contributed by atoms with van der Waals surface area (Å²) < 4.78 is 2.26. The third-order valence-corrected chi connectivity index (χ3v) is 4.40. The molecule has 0 radical (unpaired) electrons. The third kappa shape index (κ3) is 3.22. The van der Waals surface area contributed by atoms with Crippen molar-refractivity contribution in [1.82, 2.24) is 19.4 Å². The predicted octanol–water partition coefficient (Wildman–Crippen LogP) is 3.01. The van der Waals surface area contributed by atoms with Crippen molar-refractivity contribution >= 4 is 22.8 Å².